The third-order valence-electron chi connectivity index (χ3n) is 5.22. The minimum atomic E-state index is -3.66. The highest BCUT2D eigenvalue weighted by Crippen LogP contribution is 2.23. The molecule has 1 aliphatic heterocycles. The van der Waals surface area contributed by atoms with E-state index < -0.39 is 10.0 Å². The predicted molar refractivity (Wildman–Crippen MR) is 111 cm³/mol. The highest BCUT2D eigenvalue weighted by molar-refractivity contribution is 7.89. The molecule has 1 saturated heterocycles. The molecule has 2 aromatic rings. The Kier molecular flexibility index (Phi) is 6.54. The van der Waals surface area contributed by atoms with Crippen molar-refractivity contribution >= 4 is 21.6 Å². The number of hydrogen-bond donors (Lipinski definition) is 0. The maximum atomic E-state index is 14.0. The first-order valence-electron chi connectivity index (χ1n) is 9.77. The summed E-state index contributed by atoms with van der Waals surface area (Å²) in [5.74, 6) is -0.422. The lowest BCUT2D eigenvalue weighted by molar-refractivity contribution is 0.0773. The molecular weight excluding hydrogens is 393 g/mol. The van der Waals surface area contributed by atoms with Gasteiger partial charge in [0, 0.05) is 44.8 Å². The number of carbonyl (C=O) groups is 1. The molecule has 1 heterocycles. The molecule has 0 N–H and O–H groups in total. The molecule has 3 rings (SSSR count). The van der Waals surface area contributed by atoms with Gasteiger partial charge in [-0.25, -0.2) is 12.8 Å². The second-order valence-corrected chi connectivity index (χ2v) is 8.78. The van der Waals surface area contributed by atoms with Gasteiger partial charge < -0.3 is 9.80 Å². The molecule has 8 heteroatoms. The van der Waals surface area contributed by atoms with E-state index in [9.17, 15) is 17.6 Å². The van der Waals surface area contributed by atoms with Crippen LogP contribution >= 0.6 is 0 Å². The molecule has 29 heavy (non-hydrogen) atoms. The number of anilines is 1. The molecule has 6 nitrogen and oxygen atoms in total. The van der Waals surface area contributed by atoms with Gasteiger partial charge in [0.1, 0.15) is 5.82 Å². The standard InChI is InChI=1S/C21H26FN3O3S/c1-3-23(4-2)21(26)17-9-11-18(12-10-17)29(27,28)25-15-13-24(14-16-25)20-8-6-5-7-19(20)22/h5-12H,3-4,13-16H2,1-2H3. The van der Waals surface area contributed by atoms with E-state index in [-0.39, 0.29) is 29.7 Å². The summed E-state index contributed by atoms with van der Waals surface area (Å²) in [5.41, 5.74) is 0.959. The Morgan fingerprint density at radius 2 is 1.55 bits per heavy atom. The maximum absolute atomic E-state index is 14.0. The van der Waals surface area contributed by atoms with Crippen molar-refractivity contribution in [2.45, 2.75) is 18.7 Å². The number of benzene rings is 2. The van der Waals surface area contributed by atoms with Crippen LogP contribution in [0.25, 0.3) is 0 Å². The molecule has 0 aliphatic carbocycles. The number of para-hydroxylation sites is 1. The SMILES string of the molecule is CCN(CC)C(=O)c1ccc(S(=O)(=O)N2CCN(c3ccccc3F)CC2)cc1. The molecule has 1 fully saturated rings. The summed E-state index contributed by atoms with van der Waals surface area (Å²) in [6.45, 7) is 6.39. The van der Waals surface area contributed by atoms with Crippen molar-refractivity contribution in [2.24, 2.45) is 0 Å². The molecule has 0 bridgehead atoms. The summed E-state index contributed by atoms with van der Waals surface area (Å²) < 4.78 is 41.3. The van der Waals surface area contributed by atoms with Gasteiger partial charge in [-0.1, -0.05) is 12.1 Å². The lowest BCUT2D eigenvalue weighted by atomic mass is 10.2. The van der Waals surface area contributed by atoms with Crippen molar-refractivity contribution < 1.29 is 17.6 Å². The summed E-state index contributed by atoms with van der Waals surface area (Å²) in [6.07, 6.45) is 0. The predicted octanol–water partition coefficient (Wildman–Crippen LogP) is 2.82. The molecule has 0 saturated carbocycles. The van der Waals surface area contributed by atoms with Crippen LogP contribution in [0.5, 0.6) is 0 Å². The third kappa shape index (κ3) is 4.43. The molecule has 156 valence electrons. The van der Waals surface area contributed by atoms with E-state index in [1.165, 1.54) is 22.5 Å². The quantitative estimate of drug-likeness (QED) is 0.723. The maximum Gasteiger partial charge on any atom is 0.253 e. The van der Waals surface area contributed by atoms with E-state index in [1.54, 1.807) is 35.2 Å². The molecule has 2 aromatic carbocycles. The van der Waals surface area contributed by atoms with Gasteiger partial charge in [-0.05, 0) is 50.2 Å². The van der Waals surface area contributed by atoms with Gasteiger partial charge in [0.2, 0.25) is 10.0 Å². The molecule has 0 aromatic heterocycles. The monoisotopic (exact) mass is 419 g/mol. The highest BCUT2D eigenvalue weighted by atomic mass is 32.2. The Morgan fingerprint density at radius 3 is 2.10 bits per heavy atom. The number of sulfonamides is 1. The van der Waals surface area contributed by atoms with Gasteiger partial charge in [-0.3, -0.25) is 4.79 Å². The van der Waals surface area contributed by atoms with Gasteiger partial charge in [0.15, 0.2) is 0 Å². The van der Waals surface area contributed by atoms with Crippen molar-refractivity contribution in [2.75, 3.05) is 44.2 Å². The van der Waals surface area contributed by atoms with Crippen LogP contribution in [0.1, 0.15) is 24.2 Å². The first kappa shape index (κ1) is 21.3. The van der Waals surface area contributed by atoms with Gasteiger partial charge in [-0.15, -0.1) is 0 Å². The summed E-state index contributed by atoms with van der Waals surface area (Å²) in [4.78, 5) is 16.1. The first-order chi connectivity index (χ1) is 13.9. The fourth-order valence-corrected chi connectivity index (χ4v) is 4.91. The Balaban J connectivity index is 1.70. The van der Waals surface area contributed by atoms with Gasteiger partial charge in [0.05, 0.1) is 10.6 Å². The molecule has 0 radical (unpaired) electrons. The lowest BCUT2D eigenvalue weighted by Crippen LogP contribution is -2.48. The van der Waals surface area contributed by atoms with E-state index in [2.05, 4.69) is 0 Å². The Morgan fingerprint density at radius 1 is 0.966 bits per heavy atom. The highest BCUT2D eigenvalue weighted by Gasteiger charge is 2.29. The van der Waals surface area contributed by atoms with Gasteiger partial charge in [-0.2, -0.15) is 4.31 Å². The van der Waals surface area contributed by atoms with Crippen molar-refractivity contribution in [3.63, 3.8) is 0 Å². The van der Waals surface area contributed by atoms with Crippen LogP contribution in [0.4, 0.5) is 10.1 Å². The van der Waals surface area contributed by atoms with E-state index >= 15 is 0 Å². The van der Waals surface area contributed by atoms with Crippen LogP contribution in [-0.2, 0) is 10.0 Å². The van der Waals surface area contributed by atoms with Crippen molar-refractivity contribution in [3.8, 4) is 0 Å². The molecule has 1 amide bonds. The van der Waals surface area contributed by atoms with E-state index in [0.717, 1.165) is 0 Å². The lowest BCUT2D eigenvalue weighted by Gasteiger charge is -2.35. The zero-order valence-electron chi connectivity index (χ0n) is 16.7. The number of amides is 1. The van der Waals surface area contributed by atoms with Crippen LogP contribution in [0.15, 0.2) is 53.4 Å². The van der Waals surface area contributed by atoms with Crippen LogP contribution in [0, 0.1) is 5.82 Å². The average molecular weight is 420 g/mol. The van der Waals surface area contributed by atoms with E-state index in [0.29, 0.717) is 37.4 Å². The topological polar surface area (TPSA) is 60.9 Å². The van der Waals surface area contributed by atoms with E-state index in [4.69, 9.17) is 0 Å². The molecule has 0 atom stereocenters. The van der Waals surface area contributed by atoms with Crippen LogP contribution in [-0.4, -0.2) is 62.8 Å². The minimum absolute atomic E-state index is 0.113. The zero-order chi connectivity index (χ0) is 21.0. The normalized spacial score (nSPS) is 15.3. The largest absolute Gasteiger partial charge is 0.367 e. The van der Waals surface area contributed by atoms with Gasteiger partial charge >= 0.3 is 0 Å². The van der Waals surface area contributed by atoms with Gasteiger partial charge in [0.25, 0.3) is 5.91 Å². The van der Waals surface area contributed by atoms with Crippen LogP contribution in [0.3, 0.4) is 0 Å². The zero-order valence-corrected chi connectivity index (χ0v) is 17.5. The number of rotatable bonds is 6. The number of carbonyl (C=O) groups excluding carboxylic acids is 1. The smallest absolute Gasteiger partial charge is 0.253 e. The second kappa shape index (κ2) is 8.92. The Hall–Kier alpha value is -2.45. The molecule has 0 unspecified atom stereocenters. The van der Waals surface area contributed by atoms with Crippen molar-refractivity contribution in [3.05, 3.63) is 59.9 Å². The summed E-state index contributed by atoms with van der Waals surface area (Å²) in [7, 11) is -3.66. The fraction of sp³-hybridized carbons (Fsp3) is 0.381. The summed E-state index contributed by atoms with van der Waals surface area (Å²) in [6, 6.07) is 12.6. The number of hydrogen-bond acceptors (Lipinski definition) is 4. The van der Waals surface area contributed by atoms with Crippen molar-refractivity contribution in [1.29, 1.82) is 0 Å². The number of nitrogens with zero attached hydrogens (tertiary/aromatic N) is 3. The third-order valence-corrected chi connectivity index (χ3v) is 7.13. The van der Waals surface area contributed by atoms with Crippen LogP contribution in [0.2, 0.25) is 0 Å². The fourth-order valence-electron chi connectivity index (χ4n) is 3.49. The minimum Gasteiger partial charge on any atom is -0.367 e. The Bertz CT molecular complexity index is 951. The Labute approximate surface area is 171 Å². The molecular formula is C21H26FN3O3S. The van der Waals surface area contributed by atoms with Crippen molar-refractivity contribution in [1.82, 2.24) is 9.21 Å². The number of piperazine rings is 1. The first-order valence-corrected chi connectivity index (χ1v) is 11.2. The summed E-state index contributed by atoms with van der Waals surface area (Å²) in [5, 5.41) is 0. The number of halogens is 1. The average Bonchev–Trinajstić information content (AvgIpc) is 2.75. The molecule has 0 spiro atoms. The van der Waals surface area contributed by atoms with Crippen LogP contribution < -0.4 is 4.90 Å². The molecule has 1 aliphatic rings. The second-order valence-electron chi connectivity index (χ2n) is 6.84. The van der Waals surface area contributed by atoms with E-state index in [1.807, 2.05) is 18.7 Å². The summed E-state index contributed by atoms with van der Waals surface area (Å²) >= 11 is 0.